The standard InChI is InChI=1S/C18H26N4O5/c1-12(2)10-22-17(26)21(8-9-23)16(25)18(22)4-6-20(7-5-18)15(24)14-11-27-13(3)19-14/h11-12,23H,4-10H2,1-3H3. The summed E-state index contributed by atoms with van der Waals surface area (Å²) in [6.07, 6.45) is 2.07. The lowest BCUT2D eigenvalue weighted by atomic mass is 9.85. The second-order valence-electron chi connectivity index (χ2n) is 7.54. The van der Waals surface area contributed by atoms with Crippen LogP contribution < -0.4 is 0 Å². The minimum Gasteiger partial charge on any atom is -0.448 e. The fourth-order valence-electron chi connectivity index (χ4n) is 3.88. The summed E-state index contributed by atoms with van der Waals surface area (Å²) in [6.45, 7) is 6.55. The zero-order valence-electron chi connectivity index (χ0n) is 16.0. The fraction of sp³-hybridized carbons (Fsp3) is 0.667. The van der Waals surface area contributed by atoms with Crippen LogP contribution in [0, 0.1) is 12.8 Å². The van der Waals surface area contributed by atoms with Gasteiger partial charge in [-0.25, -0.2) is 9.78 Å². The van der Waals surface area contributed by atoms with E-state index in [1.807, 2.05) is 13.8 Å². The van der Waals surface area contributed by atoms with Gasteiger partial charge >= 0.3 is 6.03 Å². The Balaban J connectivity index is 1.79. The number of carbonyl (C=O) groups excluding carboxylic acids is 3. The molecule has 1 aromatic rings. The van der Waals surface area contributed by atoms with E-state index in [9.17, 15) is 19.5 Å². The summed E-state index contributed by atoms with van der Waals surface area (Å²) in [7, 11) is 0. The molecule has 1 spiro atoms. The third kappa shape index (κ3) is 3.31. The van der Waals surface area contributed by atoms with Crippen LogP contribution in [0.4, 0.5) is 4.79 Å². The number of aliphatic hydroxyl groups excluding tert-OH is 1. The molecule has 4 amide bonds. The van der Waals surface area contributed by atoms with Crippen molar-refractivity contribution in [1.82, 2.24) is 19.7 Å². The second kappa shape index (κ2) is 7.30. The van der Waals surface area contributed by atoms with Gasteiger partial charge in [-0.05, 0) is 18.8 Å². The number of aryl methyl sites for hydroxylation is 1. The number of hydrogen-bond acceptors (Lipinski definition) is 6. The lowest BCUT2D eigenvalue weighted by Crippen LogP contribution is -2.58. The topological polar surface area (TPSA) is 107 Å². The minimum atomic E-state index is -0.937. The summed E-state index contributed by atoms with van der Waals surface area (Å²) in [6, 6.07) is -0.352. The van der Waals surface area contributed by atoms with E-state index in [0.717, 1.165) is 4.90 Å². The number of piperidine rings is 1. The van der Waals surface area contributed by atoms with Crippen molar-refractivity contribution in [3.8, 4) is 0 Å². The predicted octanol–water partition coefficient (Wildman–Crippen LogP) is 0.870. The highest BCUT2D eigenvalue weighted by atomic mass is 16.3. The van der Waals surface area contributed by atoms with E-state index in [1.54, 1.807) is 16.7 Å². The molecular formula is C18H26N4O5. The van der Waals surface area contributed by atoms with Crippen molar-refractivity contribution in [3.63, 3.8) is 0 Å². The van der Waals surface area contributed by atoms with Crippen LogP contribution >= 0.6 is 0 Å². The summed E-state index contributed by atoms with van der Waals surface area (Å²) in [5.74, 6) is 0.115. The minimum absolute atomic E-state index is 0.00509. The van der Waals surface area contributed by atoms with Gasteiger partial charge in [-0.3, -0.25) is 14.5 Å². The molecule has 0 atom stereocenters. The zero-order chi connectivity index (χ0) is 19.8. The van der Waals surface area contributed by atoms with Crippen LogP contribution in [-0.4, -0.2) is 81.0 Å². The summed E-state index contributed by atoms with van der Waals surface area (Å²) in [4.78, 5) is 46.9. The van der Waals surface area contributed by atoms with E-state index >= 15 is 0 Å². The number of nitrogens with zero attached hydrogens (tertiary/aromatic N) is 4. The van der Waals surface area contributed by atoms with Crippen molar-refractivity contribution in [2.24, 2.45) is 5.92 Å². The van der Waals surface area contributed by atoms with E-state index in [2.05, 4.69) is 4.98 Å². The Morgan fingerprint density at radius 3 is 2.52 bits per heavy atom. The van der Waals surface area contributed by atoms with Crippen molar-refractivity contribution in [3.05, 3.63) is 17.8 Å². The Kier molecular flexibility index (Phi) is 5.23. The van der Waals surface area contributed by atoms with Gasteiger partial charge in [0.2, 0.25) is 0 Å². The van der Waals surface area contributed by atoms with Gasteiger partial charge in [-0.2, -0.15) is 0 Å². The highest BCUT2D eigenvalue weighted by Gasteiger charge is 2.58. The lowest BCUT2D eigenvalue weighted by molar-refractivity contribution is -0.135. The van der Waals surface area contributed by atoms with Crippen molar-refractivity contribution in [1.29, 1.82) is 0 Å². The number of amides is 4. The number of carbonyl (C=O) groups is 3. The fourth-order valence-corrected chi connectivity index (χ4v) is 3.88. The summed E-state index contributed by atoms with van der Waals surface area (Å²) < 4.78 is 5.11. The third-order valence-electron chi connectivity index (χ3n) is 5.21. The molecule has 2 aliphatic rings. The van der Waals surface area contributed by atoms with Gasteiger partial charge in [0.15, 0.2) is 11.6 Å². The number of oxazole rings is 1. The number of rotatable bonds is 5. The molecule has 0 saturated carbocycles. The quantitative estimate of drug-likeness (QED) is 0.762. The van der Waals surface area contributed by atoms with Gasteiger partial charge in [0.05, 0.1) is 13.2 Å². The average molecular weight is 378 g/mol. The largest absolute Gasteiger partial charge is 0.448 e. The molecule has 0 aliphatic carbocycles. The van der Waals surface area contributed by atoms with Gasteiger partial charge in [0, 0.05) is 26.6 Å². The SMILES string of the molecule is Cc1nc(C(=O)N2CCC3(CC2)C(=O)N(CCO)C(=O)N3CC(C)C)co1. The summed E-state index contributed by atoms with van der Waals surface area (Å²) in [5.41, 5.74) is -0.689. The number of imide groups is 1. The Morgan fingerprint density at radius 2 is 2.00 bits per heavy atom. The maximum atomic E-state index is 13.0. The molecule has 2 aliphatic heterocycles. The van der Waals surface area contributed by atoms with E-state index < -0.39 is 5.54 Å². The first kappa shape index (κ1) is 19.3. The Bertz CT molecular complexity index is 736. The van der Waals surface area contributed by atoms with Crippen molar-refractivity contribution < 1.29 is 23.9 Å². The number of aromatic nitrogens is 1. The monoisotopic (exact) mass is 378 g/mol. The van der Waals surface area contributed by atoms with Gasteiger partial charge in [-0.15, -0.1) is 0 Å². The average Bonchev–Trinajstić information content (AvgIpc) is 3.14. The molecule has 0 unspecified atom stereocenters. The van der Waals surface area contributed by atoms with Gasteiger partial charge in [0.25, 0.3) is 11.8 Å². The van der Waals surface area contributed by atoms with E-state index in [-0.39, 0.29) is 42.6 Å². The van der Waals surface area contributed by atoms with Crippen LogP contribution in [0.2, 0.25) is 0 Å². The number of β-amino-alcohol motifs (C(OH)–C–C–N with tert-alkyl or cyclic N) is 1. The zero-order valence-corrected chi connectivity index (χ0v) is 16.0. The molecule has 0 aromatic carbocycles. The summed E-state index contributed by atoms with van der Waals surface area (Å²) >= 11 is 0. The predicted molar refractivity (Wildman–Crippen MR) is 94.8 cm³/mol. The Labute approximate surface area is 157 Å². The molecule has 3 heterocycles. The molecule has 1 N–H and O–H groups in total. The molecule has 0 radical (unpaired) electrons. The molecule has 2 fully saturated rings. The van der Waals surface area contributed by atoms with Crippen molar-refractivity contribution >= 4 is 17.8 Å². The van der Waals surface area contributed by atoms with Crippen LogP contribution in [0.5, 0.6) is 0 Å². The van der Waals surface area contributed by atoms with Gasteiger partial charge < -0.3 is 19.3 Å². The van der Waals surface area contributed by atoms with E-state index in [4.69, 9.17) is 4.42 Å². The molecule has 27 heavy (non-hydrogen) atoms. The molecule has 2 saturated heterocycles. The smallest absolute Gasteiger partial charge is 0.327 e. The maximum Gasteiger partial charge on any atom is 0.327 e. The van der Waals surface area contributed by atoms with Crippen LogP contribution in [0.1, 0.15) is 43.1 Å². The molecule has 9 heteroatoms. The molecule has 9 nitrogen and oxygen atoms in total. The van der Waals surface area contributed by atoms with Crippen LogP contribution in [0.15, 0.2) is 10.7 Å². The van der Waals surface area contributed by atoms with Crippen LogP contribution in [0.3, 0.4) is 0 Å². The van der Waals surface area contributed by atoms with Crippen LogP contribution in [-0.2, 0) is 4.79 Å². The first-order valence-electron chi connectivity index (χ1n) is 9.26. The molecular weight excluding hydrogens is 352 g/mol. The molecule has 3 rings (SSSR count). The van der Waals surface area contributed by atoms with E-state index in [0.29, 0.717) is 38.4 Å². The number of urea groups is 1. The van der Waals surface area contributed by atoms with Crippen molar-refractivity contribution in [2.75, 3.05) is 32.8 Å². The van der Waals surface area contributed by atoms with Crippen LogP contribution in [0.25, 0.3) is 0 Å². The normalized spacial score (nSPS) is 19.7. The first-order valence-corrected chi connectivity index (χ1v) is 9.26. The molecule has 1 aromatic heterocycles. The highest BCUT2D eigenvalue weighted by Crippen LogP contribution is 2.38. The third-order valence-corrected chi connectivity index (χ3v) is 5.21. The maximum absolute atomic E-state index is 13.0. The summed E-state index contributed by atoms with van der Waals surface area (Å²) in [5, 5.41) is 9.23. The van der Waals surface area contributed by atoms with Gasteiger partial charge in [-0.1, -0.05) is 13.8 Å². The number of likely N-dealkylation sites (tertiary alicyclic amines) is 1. The Hall–Kier alpha value is -2.42. The molecule has 0 bridgehead atoms. The highest BCUT2D eigenvalue weighted by molar-refractivity contribution is 6.07. The lowest BCUT2D eigenvalue weighted by Gasteiger charge is -2.42. The van der Waals surface area contributed by atoms with Crippen molar-refractivity contribution in [2.45, 2.75) is 39.2 Å². The molecule has 148 valence electrons. The Morgan fingerprint density at radius 1 is 1.33 bits per heavy atom. The number of hydrogen-bond donors (Lipinski definition) is 1. The first-order chi connectivity index (χ1) is 12.8. The second-order valence-corrected chi connectivity index (χ2v) is 7.54. The van der Waals surface area contributed by atoms with Gasteiger partial charge in [0.1, 0.15) is 11.8 Å². The number of aliphatic hydroxyl groups is 1. The van der Waals surface area contributed by atoms with E-state index in [1.165, 1.54) is 6.26 Å².